The van der Waals surface area contributed by atoms with Gasteiger partial charge in [0.1, 0.15) is 5.75 Å². The van der Waals surface area contributed by atoms with Crippen molar-refractivity contribution in [1.82, 2.24) is 4.90 Å². The Bertz CT molecular complexity index is 904. The predicted molar refractivity (Wildman–Crippen MR) is 110 cm³/mol. The molecule has 2 amide bonds. The van der Waals surface area contributed by atoms with Gasteiger partial charge in [0.15, 0.2) is 5.78 Å². The second-order valence-electron chi connectivity index (χ2n) is 6.83. The quantitative estimate of drug-likeness (QED) is 0.505. The first-order chi connectivity index (χ1) is 13.4. The lowest BCUT2D eigenvalue weighted by atomic mass is 10.1. The number of ketones is 1. The van der Waals surface area contributed by atoms with Crippen LogP contribution in [0.4, 0.5) is 4.79 Å². The molecule has 0 aromatic heterocycles. The summed E-state index contributed by atoms with van der Waals surface area (Å²) in [6.07, 6.45) is 1.66. The lowest BCUT2D eigenvalue weighted by molar-refractivity contribution is -0.122. The maximum atomic E-state index is 12.6. The number of amides is 2. The molecule has 0 aliphatic carbocycles. The molecule has 1 aliphatic heterocycles. The number of carbonyl (C=O) groups is 3. The van der Waals surface area contributed by atoms with Crippen molar-refractivity contribution < 1.29 is 19.1 Å². The molecule has 1 aliphatic rings. The molecule has 2 aromatic carbocycles. The topological polar surface area (TPSA) is 63.7 Å². The Morgan fingerprint density at radius 2 is 1.75 bits per heavy atom. The van der Waals surface area contributed by atoms with E-state index in [0.717, 1.165) is 28.0 Å². The van der Waals surface area contributed by atoms with Crippen molar-refractivity contribution in [2.75, 3.05) is 13.2 Å². The summed E-state index contributed by atoms with van der Waals surface area (Å²) in [5, 5.41) is -0.433. The van der Waals surface area contributed by atoms with E-state index in [1.807, 2.05) is 24.3 Å². The number of nitrogens with zero attached hydrogens (tertiary/aromatic N) is 1. The summed E-state index contributed by atoms with van der Waals surface area (Å²) in [7, 11) is 0. The summed E-state index contributed by atoms with van der Waals surface area (Å²) in [5.74, 6) is 0.479. The highest BCUT2D eigenvalue weighted by molar-refractivity contribution is 8.18. The lowest BCUT2D eigenvalue weighted by Gasteiger charge is -2.11. The normalized spacial score (nSPS) is 15.5. The molecule has 1 saturated heterocycles. The highest BCUT2D eigenvalue weighted by Gasteiger charge is 2.36. The van der Waals surface area contributed by atoms with Gasteiger partial charge < -0.3 is 4.74 Å². The Morgan fingerprint density at radius 3 is 2.39 bits per heavy atom. The van der Waals surface area contributed by atoms with E-state index in [1.54, 1.807) is 36.4 Å². The molecular formula is C22H21NO4S. The van der Waals surface area contributed by atoms with E-state index in [1.165, 1.54) is 0 Å². The standard InChI is InChI=1S/C22H21NO4S/c1-15(2)14-27-18-10-8-16(9-11-18)12-20-21(25)23(22(26)28-20)13-19(24)17-6-4-3-5-7-17/h3-12,15H,13-14H2,1-2H3/b20-12-. The van der Waals surface area contributed by atoms with Crippen LogP contribution in [0.15, 0.2) is 59.5 Å². The summed E-state index contributed by atoms with van der Waals surface area (Å²) in [6, 6.07) is 16.0. The number of imide groups is 1. The van der Waals surface area contributed by atoms with Crippen molar-refractivity contribution in [3.05, 3.63) is 70.6 Å². The zero-order chi connectivity index (χ0) is 20.1. The van der Waals surface area contributed by atoms with E-state index in [4.69, 9.17) is 4.74 Å². The number of rotatable bonds is 7. The second kappa shape index (κ2) is 8.89. The maximum absolute atomic E-state index is 12.6. The number of carbonyl (C=O) groups excluding carboxylic acids is 3. The average molecular weight is 395 g/mol. The van der Waals surface area contributed by atoms with E-state index in [0.29, 0.717) is 23.0 Å². The molecular weight excluding hydrogens is 374 g/mol. The fourth-order valence-corrected chi connectivity index (χ4v) is 3.41. The first kappa shape index (κ1) is 19.9. The summed E-state index contributed by atoms with van der Waals surface area (Å²) in [5.41, 5.74) is 1.26. The molecule has 2 aromatic rings. The van der Waals surface area contributed by atoms with Gasteiger partial charge in [0, 0.05) is 5.56 Å². The molecule has 0 N–H and O–H groups in total. The molecule has 144 valence electrons. The molecule has 6 heteroatoms. The number of hydrogen-bond acceptors (Lipinski definition) is 5. The van der Waals surface area contributed by atoms with Crippen molar-refractivity contribution >= 4 is 34.8 Å². The monoisotopic (exact) mass is 395 g/mol. The average Bonchev–Trinajstić information content (AvgIpc) is 2.95. The molecule has 0 radical (unpaired) electrons. The van der Waals surface area contributed by atoms with Crippen LogP contribution >= 0.6 is 11.8 Å². The van der Waals surface area contributed by atoms with Crippen LogP contribution in [0.2, 0.25) is 0 Å². The summed E-state index contributed by atoms with van der Waals surface area (Å²) >= 11 is 0.847. The number of thioether (sulfide) groups is 1. The smallest absolute Gasteiger partial charge is 0.293 e. The van der Waals surface area contributed by atoms with Crippen LogP contribution in [0.5, 0.6) is 5.75 Å². The van der Waals surface area contributed by atoms with E-state index in [-0.39, 0.29) is 12.3 Å². The minimum atomic E-state index is -0.445. The van der Waals surface area contributed by atoms with Crippen molar-refractivity contribution in [1.29, 1.82) is 0 Å². The minimum Gasteiger partial charge on any atom is -0.493 e. The molecule has 1 heterocycles. The molecule has 5 nitrogen and oxygen atoms in total. The number of ether oxygens (including phenoxy) is 1. The van der Waals surface area contributed by atoms with Gasteiger partial charge in [-0.3, -0.25) is 19.3 Å². The van der Waals surface area contributed by atoms with Gasteiger partial charge >= 0.3 is 0 Å². The van der Waals surface area contributed by atoms with E-state index >= 15 is 0 Å². The van der Waals surface area contributed by atoms with Crippen LogP contribution in [-0.2, 0) is 4.79 Å². The summed E-state index contributed by atoms with van der Waals surface area (Å²) in [4.78, 5) is 38.4. The minimum absolute atomic E-state index is 0.256. The number of hydrogen-bond donors (Lipinski definition) is 0. The SMILES string of the molecule is CC(C)COc1ccc(/C=C2\SC(=O)N(CC(=O)c3ccccc3)C2=O)cc1. The number of Topliss-reactive ketones (excluding diaryl/α,β-unsaturated/α-hetero) is 1. The van der Waals surface area contributed by atoms with Gasteiger partial charge in [-0.05, 0) is 41.5 Å². The first-order valence-electron chi connectivity index (χ1n) is 9.00. The van der Waals surface area contributed by atoms with E-state index in [2.05, 4.69) is 13.8 Å². The third-order valence-electron chi connectivity index (χ3n) is 4.03. The van der Waals surface area contributed by atoms with Crippen molar-refractivity contribution in [2.45, 2.75) is 13.8 Å². The zero-order valence-electron chi connectivity index (χ0n) is 15.8. The van der Waals surface area contributed by atoms with E-state index < -0.39 is 11.1 Å². The fraction of sp³-hybridized carbons (Fsp3) is 0.227. The Labute approximate surface area is 168 Å². The van der Waals surface area contributed by atoms with Crippen LogP contribution in [0, 0.1) is 5.92 Å². The van der Waals surface area contributed by atoms with Crippen LogP contribution < -0.4 is 4.74 Å². The third kappa shape index (κ3) is 4.89. The molecule has 0 saturated carbocycles. The van der Waals surface area contributed by atoms with Crippen molar-refractivity contribution in [2.24, 2.45) is 5.92 Å². The van der Waals surface area contributed by atoms with Gasteiger partial charge in [0.05, 0.1) is 18.1 Å². The van der Waals surface area contributed by atoms with Gasteiger partial charge in [-0.25, -0.2) is 0 Å². The Kier molecular flexibility index (Phi) is 6.31. The van der Waals surface area contributed by atoms with Gasteiger partial charge in [-0.15, -0.1) is 0 Å². The first-order valence-corrected chi connectivity index (χ1v) is 9.82. The predicted octanol–water partition coefficient (Wildman–Crippen LogP) is 4.64. The molecule has 1 fully saturated rings. The molecule has 3 rings (SSSR count). The summed E-state index contributed by atoms with van der Waals surface area (Å²) < 4.78 is 5.64. The van der Waals surface area contributed by atoms with Crippen molar-refractivity contribution in [3.63, 3.8) is 0 Å². The molecule has 28 heavy (non-hydrogen) atoms. The highest BCUT2D eigenvalue weighted by Crippen LogP contribution is 2.32. The molecule has 0 unspecified atom stereocenters. The van der Waals surface area contributed by atoms with Crippen molar-refractivity contribution in [3.8, 4) is 5.75 Å². The van der Waals surface area contributed by atoms with E-state index in [9.17, 15) is 14.4 Å². The Morgan fingerprint density at radius 1 is 1.07 bits per heavy atom. The summed E-state index contributed by atoms with van der Waals surface area (Å²) in [6.45, 7) is 4.53. The lowest BCUT2D eigenvalue weighted by Crippen LogP contribution is -2.33. The molecule has 0 spiro atoms. The Hall–Kier alpha value is -2.86. The Balaban J connectivity index is 1.68. The third-order valence-corrected chi connectivity index (χ3v) is 4.94. The maximum Gasteiger partial charge on any atom is 0.293 e. The van der Waals surface area contributed by atoms with Crippen LogP contribution in [0.3, 0.4) is 0 Å². The molecule has 0 bridgehead atoms. The fourth-order valence-electron chi connectivity index (χ4n) is 2.57. The number of benzene rings is 2. The second-order valence-corrected chi connectivity index (χ2v) is 7.82. The highest BCUT2D eigenvalue weighted by atomic mass is 32.2. The molecule has 0 atom stereocenters. The van der Waals surface area contributed by atoms with Gasteiger partial charge in [-0.1, -0.05) is 56.3 Å². The largest absolute Gasteiger partial charge is 0.493 e. The van der Waals surface area contributed by atoms with Crippen LogP contribution in [0.25, 0.3) is 6.08 Å². The van der Waals surface area contributed by atoms with Gasteiger partial charge in [-0.2, -0.15) is 0 Å². The van der Waals surface area contributed by atoms with Gasteiger partial charge in [0.25, 0.3) is 11.1 Å². The van der Waals surface area contributed by atoms with Gasteiger partial charge in [0.2, 0.25) is 0 Å². The zero-order valence-corrected chi connectivity index (χ0v) is 16.6. The van der Waals surface area contributed by atoms with Crippen LogP contribution in [0.1, 0.15) is 29.8 Å². The van der Waals surface area contributed by atoms with Crippen LogP contribution in [-0.4, -0.2) is 35.0 Å².